The van der Waals surface area contributed by atoms with Gasteiger partial charge >= 0.3 is 0 Å². The number of aromatic nitrogens is 2. The summed E-state index contributed by atoms with van der Waals surface area (Å²) in [6.07, 6.45) is 1.65. The molecule has 2 N–H and O–H groups in total. The SMILES string of the molecule is CC(C)n1cnc2ccc(NC(=O)C[C@H]3NC(=O)c4ccccc43)cc2c1=O. The second-order valence-electron chi connectivity index (χ2n) is 7.15. The van der Waals surface area contributed by atoms with E-state index in [9.17, 15) is 14.4 Å². The number of anilines is 1. The van der Waals surface area contributed by atoms with Crippen molar-refractivity contribution in [2.45, 2.75) is 32.4 Å². The van der Waals surface area contributed by atoms with Gasteiger partial charge in [0.15, 0.2) is 0 Å². The molecule has 0 unspecified atom stereocenters. The van der Waals surface area contributed by atoms with E-state index in [-0.39, 0.29) is 35.9 Å². The number of nitrogens with one attached hydrogen (secondary N) is 2. The van der Waals surface area contributed by atoms with Gasteiger partial charge in [-0.05, 0) is 43.7 Å². The van der Waals surface area contributed by atoms with Crippen molar-refractivity contribution in [3.8, 4) is 0 Å². The maximum Gasteiger partial charge on any atom is 0.261 e. The van der Waals surface area contributed by atoms with E-state index < -0.39 is 0 Å². The Balaban J connectivity index is 1.55. The predicted molar refractivity (Wildman–Crippen MR) is 106 cm³/mol. The highest BCUT2D eigenvalue weighted by Crippen LogP contribution is 2.28. The molecule has 0 bridgehead atoms. The predicted octanol–water partition coefficient (Wildman–Crippen LogP) is 2.79. The van der Waals surface area contributed by atoms with Crippen molar-refractivity contribution in [3.63, 3.8) is 0 Å². The Bertz CT molecular complexity index is 1150. The van der Waals surface area contributed by atoms with Crippen molar-refractivity contribution in [2.24, 2.45) is 0 Å². The van der Waals surface area contributed by atoms with Crippen LogP contribution < -0.4 is 16.2 Å². The number of carbonyl (C=O) groups excluding carboxylic acids is 2. The second kappa shape index (κ2) is 6.92. The molecule has 1 aliphatic heterocycles. The number of rotatable bonds is 4. The fourth-order valence-electron chi connectivity index (χ4n) is 3.46. The molecule has 142 valence electrons. The van der Waals surface area contributed by atoms with Crippen LogP contribution in [0.2, 0.25) is 0 Å². The molecular weight excluding hydrogens is 356 g/mol. The maximum atomic E-state index is 12.6. The maximum absolute atomic E-state index is 12.6. The zero-order chi connectivity index (χ0) is 19.8. The molecule has 7 heteroatoms. The second-order valence-corrected chi connectivity index (χ2v) is 7.15. The molecule has 1 aliphatic rings. The van der Waals surface area contributed by atoms with Crippen molar-refractivity contribution in [1.82, 2.24) is 14.9 Å². The normalized spacial score (nSPS) is 15.5. The minimum atomic E-state index is -0.357. The molecule has 2 heterocycles. The molecule has 0 saturated carbocycles. The first-order valence-electron chi connectivity index (χ1n) is 9.14. The molecule has 7 nitrogen and oxygen atoms in total. The van der Waals surface area contributed by atoms with E-state index in [1.165, 1.54) is 6.33 Å². The zero-order valence-electron chi connectivity index (χ0n) is 15.6. The molecular formula is C21H20N4O3. The quantitative estimate of drug-likeness (QED) is 0.732. The van der Waals surface area contributed by atoms with Gasteiger partial charge in [-0.3, -0.25) is 19.0 Å². The van der Waals surface area contributed by atoms with Crippen LogP contribution in [0.4, 0.5) is 5.69 Å². The molecule has 0 aliphatic carbocycles. The standard InChI is InChI=1S/C21H20N4O3/c1-12(2)25-11-22-17-8-7-13(9-16(17)21(25)28)23-19(26)10-18-14-5-3-4-6-15(14)20(27)24-18/h3-9,11-12,18H,10H2,1-2H3,(H,23,26)(H,24,27)/t18-/m1/s1. The lowest BCUT2D eigenvalue weighted by Gasteiger charge is -2.13. The van der Waals surface area contributed by atoms with E-state index in [1.807, 2.05) is 26.0 Å². The average Bonchev–Trinajstić information content (AvgIpc) is 2.98. The summed E-state index contributed by atoms with van der Waals surface area (Å²) < 4.78 is 1.55. The number of benzene rings is 2. The van der Waals surface area contributed by atoms with Gasteiger partial charge in [0.05, 0.1) is 29.7 Å². The van der Waals surface area contributed by atoms with E-state index in [1.54, 1.807) is 34.9 Å². The van der Waals surface area contributed by atoms with Crippen molar-refractivity contribution >= 4 is 28.4 Å². The van der Waals surface area contributed by atoms with Gasteiger partial charge in [0.25, 0.3) is 11.5 Å². The monoisotopic (exact) mass is 376 g/mol. The van der Waals surface area contributed by atoms with Crippen molar-refractivity contribution in [1.29, 1.82) is 0 Å². The highest BCUT2D eigenvalue weighted by molar-refractivity contribution is 6.01. The van der Waals surface area contributed by atoms with Crippen molar-refractivity contribution < 1.29 is 9.59 Å². The minimum Gasteiger partial charge on any atom is -0.345 e. The lowest BCUT2D eigenvalue weighted by atomic mass is 10.0. The van der Waals surface area contributed by atoms with E-state index in [4.69, 9.17) is 0 Å². The van der Waals surface area contributed by atoms with Crippen LogP contribution in [0.15, 0.2) is 53.6 Å². The minimum absolute atomic E-state index is 0.00584. The van der Waals surface area contributed by atoms with Gasteiger partial charge in [0, 0.05) is 17.3 Å². The summed E-state index contributed by atoms with van der Waals surface area (Å²) in [4.78, 5) is 41.4. The van der Waals surface area contributed by atoms with Gasteiger partial charge in [-0.15, -0.1) is 0 Å². The lowest BCUT2D eigenvalue weighted by Crippen LogP contribution is -2.24. The van der Waals surface area contributed by atoms with Gasteiger partial charge in [0.1, 0.15) is 0 Å². The number of nitrogens with zero attached hydrogens (tertiary/aromatic N) is 2. The van der Waals surface area contributed by atoms with Crippen LogP contribution in [-0.4, -0.2) is 21.4 Å². The first kappa shape index (κ1) is 17.9. The first-order valence-corrected chi connectivity index (χ1v) is 9.14. The molecule has 0 radical (unpaired) electrons. The summed E-state index contributed by atoms with van der Waals surface area (Å²) in [7, 11) is 0. The third-order valence-corrected chi connectivity index (χ3v) is 4.90. The Labute approximate surface area is 161 Å². The Kier molecular flexibility index (Phi) is 4.43. The summed E-state index contributed by atoms with van der Waals surface area (Å²) in [6, 6.07) is 12.0. The summed E-state index contributed by atoms with van der Waals surface area (Å²) in [6.45, 7) is 3.82. The largest absolute Gasteiger partial charge is 0.345 e. The summed E-state index contributed by atoms with van der Waals surface area (Å²) in [5.74, 6) is -0.408. The molecule has 28 heavy (non-hydrogen) atoms. The molecule has 0 saturated heterocycles. The highest BCUT2D eigenvalue weighted by atomic mass is 16.2. The molecule has 3 aromatic rings. The molecule has 2 amide bonds. The van der Waals surface area contributed by atoms with Gasteiger partial charge < -0.3 is 10.6 Å². The number of carbonyl (C=O) groups is 2. The summed E-state index contributed by atoms with van der Waals surface area (Å²) in [5, 5.41) is 6.10. The van der Waals surface area contributed by atoms with Crippen molar-refractivity contribution in [2.75, 3.05) is 5.32 Å². The average molecular weight is 376 g/mol. The molecule has 0 fully saturated rings. The number of hydrogen-bond acceptors (Lipinski definition) is 4. The fourth-order valence-corrected chi connectivity index (χ4v) is 3.46. The van der Waals surface area contributed by atoms with E-state index >= 15 is 0 Å². The Hall–Kier alpha value is -3.48. The van der Waals surface area contributed by atoms with Crippen LogP contribution in [0.25, 0.3) is 10.9 Å². The number of amides is 2. The van der Waals surface area contributed by atoms with Crippen LogP contribution >= 0.6 is 0 Å². The van der Waals surface area contributed by atoms with Crippen LogP contribution in [0.1, 0.15) is 48.3 Å². The highest BCUT2D eigenvalue weighted by Gasteiger charge is 2.29. The third kappa shape index (κ3) is 3.15. The van der Waals surface area contributed by atoms with E-state index in [0.29, 0.717) is 22.2 Å². The molecule has 0 spiro atoms. The Morgan fingerprint density at radius 1 is 1.21 bits per heavy atom. The third-order valence-electron chi connectivity index (χ3n) is 4.90. The lowest BCUT2D eigenvalue weighted by molar-refractivity contribution is -0.116. The van der Waals surface area contributed by atoms with E-state index in [2.05, 4.69) is 15.6 Å². The topological polar surface area (TPSA) is 93.1 Å². The van der Waals surface area contributed by atoms with Gasteiger partial charge in [-0.1, -0.05) is 18.2 Å². The van der Waals surface area contributed by atoms with Gasteiger partial charge in [-0.2, -0.15) is 0 Å². The Morgan fingerprint density at radius 3 is 2.79 bits per heavy atom. The zero-order valence-corrected chi connectivity index (χ0v) is 15.6. The molecule has 1 atom stereocenters. The molecule has 2 aromatic carbocycles. The van der Waals surface area contributed by atoms with Gasteiger partial charge in [0.2, 0.25) is 5.91 Å². The summed E-state index contributed by atoms with van der Waals surface area (Å²) >= 11 is 0. The number of fused-ring (bicyclic) bond motifs is 2. The van der Waals surface area contributed by atoms with Crippen LogP contribution in [0, 0.1) is 0 Å². The van der Waals surface area contributed by atoms with Crippen molar-refractivity contribution in [3.05, 3.63) is 70.3 Å². The Morgan fingerprint density at radius 2 is 2.00 bits per heavy atom. The fraction of sp³-hybridized carbons (Fsp3) is 0.238. The van der Waals surface area contributed by atoms with Crippen LogP contribution in [-0.2, 0) is 4.79 Å². The smallest absolute Gasteiger partial charge is 0.261 e. The molecule has 1 aromatic heterocycles. The van der Waals surface area contributed by atoms with Gasteiger partial charge in [-0.25, -0.2) is 4.98 Å². The number of hydrogen-bond donors (Lipinski definition) is 2. The summed E-state index contributed by atoms with van der Waals surface area (Å²) in [5.41, 5.74) is 2.39. The van der Waals surface area contributed by atoms with Crippen LogP contribution in [0.5, 0.6) is 0 Å². The van der Waals surface area contributed by atoms with E-state index in [0.717, 1.165) is 5.56 Å². The molecule has 4 rings (SSSR count). The first-order chi connectivity index (χ1) is 13.4. The van der Waals surface area contributed by atoms with Crippen LogP contribution in [0.3, 0.4) is 0 Å².